The van der Waals surface area contributed by atoms with Gasteiger partial charge in [0, 0.05) is 0 Å². The van der Waals surface area contributed by atoms with Crippen molar-refractivity contribution in [1.29, 1.82) is 0 Å². The number of fused-ring (bicyclic) bond motifs is 1. The van der Waals surface area contributed by atoms with Crippen LogP contribution in [0.5, 0.6) is 5.75 Å². The summed E-state index contributed by atoms with van der Waals surface area (Å²) in [5, 5.41) is 4.64. The molecule has 3 aromatic rings. The number of benzene rings is 3. The molecule has 0 unspecified atom stereocenters. The third kappa shape index (κ3) is 4.83. The Bertz CT molecular complexity index is 893. The van der Waals surface area contributed by atoms with Crippen LogP contribution in [0.1, 0.15) is 10.4 Å². The molecule has 0 atom stereocenters. The van der Waals surface area contributed by atoms with Crippen molar-refractivity contribution in [3.63, 3.8) is 0 Å². The Morgan fingerprint density at radius 3 is 2.38 bits per heavy atom. The summed E-state index contributed by atoms with van der Waals surface area (Å²) in [6.07, 6.45) is 0. The van der Waals surface area contributed by atoms with E-state index in [1.54, 1.807) is 12.1 Å². The maximum Gasteiger partial charge on any atom is 0.338 e. The van der Waals surface area contributed by atoms with Crippen molar-refractivity contribution in [2.24, 2.45) is 0 Å². The molecule has 0 bridgehead atoms. The highest BCUT2D eigenvalue weighted by molar-refractivity contribution is 5.96. The fourth-order valence-electron chi connectivity index (χ4n) is 2.46. The second-order valence-electron chi connectivity index (χ2n) is 5.65. The van der Waals surface area contributed by atoms with Crippen LogP contribution in [0.2, 0.25) is 0 Å². The summed E-state index contributed by atoms with van der Waals surface area (Å²) >= 11 is 0. The van der Waals surface area contributed by atoms with Crippen LogP contribution in [0.25, 0.3) is 10.8 Å². The highest BCUT2D eigenvalue weighted by Crippen LogP contribution is 2.16. The predicted molar refractivity (Wildman–Crippen MR) is 99.2 cm³/mol. The van der Waals surface area contributed by atoms with Gasteiger partial charge in [0.05, 0.1) is 12.1 Å². The van der Waals surface area contributed by atoms with Gasteiger partial charge in [0.1, 0.15) is 12.4 Å². The maximum atomic E-state index is 12.1. The molecule has 0 aliphatic rings. The number of ether oxygens (including phenoxy) is 2. The molecule has 3 aromatic carbocycles. The van der Waals surface area contributed by atoms with Gasteiger partial charge in [0.2, 0.25) is 0 Å². The molecule has 3 rings (SSSR count). The lowest BCUT2D eigenvalue weighted by Crippen LogP contribution is -2.32. The normalized spacial score (nSPS) is 10.3. The quantitative estimate of drug-likeness (QED) is 0.525. The van der Waals surface area contributed by atoms with Crippen molar-refractivity contribution in [3.8, 4) is 5.75 Å². The Morgan fingerprint density at radius 1 is 0.846 bits per heavy atom. The van der Waals surface area contributed by atoms with E-state index < -0.39 is 5.97 Å². The Kier molecular flexibility index (Phi) is 5.83. The first-order chi connectivity index (χ1) is 12.7. The molecular weight excluding hydrogens is 330 g/mol. The minimum absolute atomic E-state index is 0.322. The zero-order valence-electron chi connectivity index (χ0n) is 14.2. The van der Waals surface area contributed by atoms with Crippen LogP contribution in [0, 0.1) is 0 Å². The van der Waals surface area contributed by atoms with Crippen molar-refractivity contribution in [3.05, 3.63) is 78.4 Å². The number of hydrogen-bond donors (Lipinski definition) is 1. The first-order valence-corrected chi connectivity index (χ1v) is 8.33. The Labute approximate surface area is 151 Å². The van der Waals surface area contributed by atoms with E-state index in [0.29, 0.717) is 18.7 Å². The second-order valence-corrected chi connectivity index (χ2v) is 5.65. The highest BCUT2D eigenvalue weighted by atomic mass is 16.5. The lowest BCUT2D eigenvalue weighted by Gasteiger charge is -2.08. The number of nitrogens with one attached hydrogen (secondary N) is 1. The molecule has 1 N–H and O–H groups in total. The molecule has 0 aliphatic heterocycles. The molecule has 0 heterocycles. The number of rotatable bonds is 7. The Hall–Kier alpha value is -3.34. The number of esters is 1. The fraction of sp³-hybridized carbons (Fsp3) is 0.143. The van der Waals surface area contributed by atoms with Crippen LogP contribution >= 0.6 is 0 Å². The predicted octanol–water partition coefficient (Wildman–Crippen LogP) is 3.19. The number of carbonyl (C=O) groups is 2. The molecule has 26 heavy (non-hydrogen) atoms. The summed E-state index contributed by atoms with van der Waals surface area (Å²) in [6.45, 7) is 0.354. The van der Waals surface area contributed by atoms with Crippen LogP contribution in [-0.4, -0.2) is 31.6 Å². The molecule has 5 heteroatoms. The highest BCUT2D eigenvalue weighted by Gasteiger charge is 2.10. The maximum absolute atomic E-state index is 12.1. The van der Waals surface area contributed by atoms with Crippen molar-refractivity contribution in [2.75, 3.05) is 19.8 Å². The molecule has 0 saturated carbocycles. The summed E-state index contributed by atoms with van der Waals surface area (Å²) in [4.78, 5) is 23.8. The second kappa shape index (κ2) is 8.67. The summed E-state index contributed by atoms with van der Waals surface area (Å²) in [5.41, 5.74) is 0.420. The topological polar surface area (TPSA) is 64.6 Å². The average molecular weight is 349 g/mol. The minimum atomic E-state index is -0.522. The van der Waals surface area contributed by atoms with Crippen molar-refractivity contribution in [2.45, 2.75) is 0 Å². The number of hydrogen-bond acceptors (Lipinski definition) is 4. The van der Waals surface area contributed by atoms with Crippen LogP contribution in [0.4, 0.5) is 0 Å². The van der Waals surface area contributed by atoms with Gasteiger partial charge in [-0.05, 0) is 35.0 Å². The summed E-state index contributed by atoms with van der Waals surface area (Å²) in [5.74, 6) is -0.147. The third-order valence-corrected chi connectivity index (χ3v) is 3.76. The first-order valence-electron chi connectivity index (χ1n) is 8.33. The van der Waals surface area contributed by atoms with Gasteiger partial charge in [-0.2, -0.15) is 0 Å². The standard InChI is InChI=1S/C21H19NO4/c23-20(22-12-13-25-19-8-2-1-3-9-19)15-26-21(24)18-11-10-16-6-4-5-7-17(16)14-18/h1-11,14H,12-13,15H2,(H,22,23). The lowest BCUT2D eigenvalue weighted by atomic mass is 10.1. The SMILES string of the molecule is O=C(COC(=O)c1ccc2ccccc2c1)NCCOc1ccccc1. The molecule has 132 valence electrons. The molecule has 0 aliphatic carbocycles. The largest absolute Gasteiger partial charge is 0.492 e. The van der Waals surface area contributed by atoms with Crippen LogP contribution in [0.3, 0.4) is 0 Å². The van der Waals surface area contributed by atoms with Gasteiger partial charge in [0.25, 0.3) is 5.91 Å². The molecule has 0 saturated heterocycles. The van der Waals surface area contributed by atoms with E-state index in [2.05, 4.69) is 5.32 Å². The smallest absolute Gasteiger partial charge is 0.338 e. The van der Waals surface area contributed by atoms with Crippen molar-refractivity contribution < 1.29 is 19.1 Å². The number of amides is 1. The van der Waals surface area contributed by atoms with E-state index in [1.165, 1.54) is 0 Å². The van der Waals surface area contributed by atoms with Gasteiger partial charge in [-0.25, -0.2) is 4.79 Å². The summed E-state index contributed by atoms with van der Waals surface area (Å²) < 4.78 is 10.5. The van der Waals surface area contributed by atoms with E-state index in [1.807, 2.05) is 60.7 Å². The van der Waals surface area contributed by atoms with E-state index in [9.17, 15) is 9.59 Å². The molecule has 0 radical (unpaired) electrons. The molecule has 0 fully saturated rings. The van der Waals surface area contributed by atoms with E-state index >= 15 is 0 Å². The van der Waals surface area contributed by atoms with E-state index in [4.69, 9.17) is 9.47 Å². The van der Waals surface area contributed by atoms with Gasteiger partial charge in [0.15, 0.2) is 6.61 Å². The fourth-order valence-corrected chi connectivity index (χ4v) is 2.46. The monoisotopic (exact) mass is 349 g/mol. The van der Waals surface area contributed by atoms with Gasteiger partial charge < -0.3 is 14.8 Å². The molecule has 1 amide bonds. The summed E-state index contributed by atoms with van der Waals surface area (Å²) in [7, 11) is 0. The molecule has 0 aromatic heterocycles. The van der Waals surface area contributed by atoms with E-state index in [-0.39, 0.29) is 12.5 Å². The van der Waals surface area contributed by atoms with Crippen LogP contribution < -0.4 is 10.1 Å². The zero-order valence-corrected chi connectivity index (χ0v) is 14.2. The van der Waals surface area contributed by atoms with Crippen LogP contribution in [-0.2, 0) is 9.53 Å². The van der Waals surface area contributed by atoms with Crippen molar-refractivity contribution >= 4 is 22.6 Å². The van der Waals surface area contributed by atoms with Crippen LogP contribution in [0.15, 0.2) is 72.8 Å². The van der Waals surface area contributed by atoms with Crippen molar-refractivity contribution in [1.82, 2.24) is 5.32 Å². The zero-order chi connectivity index (χ0) is 18.2. The van der Waals surface area contributed by atoms with E-state index in [0.717, 1.165) is 16.5 Å². The summed E-state index contributed by atoms with van der Waals surface area (Å²) in [6, 6.07) is 22.4. The van der Waals surface area contributed by atoms with Gasteiger partial charge in [-0.15, -0.1) is 0 Å². The lowest BCUT2D eigenvalue weighted by molar-refractivity contribution is -0.124. The third-order valence-electron chi connectivity index (χ3n) is 3.76. The average Bonchev–Trinajstić information content (AvgIpc) is 2.70. The minimum Gasteiger partial charge on any atom is -0.492 e. The number of para-hydroxylation sites is 1. The first kappa shape index (κ1) is 17.5. The molecule has 5 nitrogen and oxygen atoms in total. The number of carbonyl (C=O) groups excluding carboxylic acids is 2. The van der Waals surface area contributed by atoms with Gasteiger partial charge in [-0.1, -0.05) is 48.5 Å². The molecular formula is C21H19NO4. The Morgan fingerprint density at radius 2 is 1.58 bits per heavy atom. The molecule has 0 spiro atoms. The Balaban J connectivity index is 1.41. The van der Waals surface area contributed by atoms with Gasteiger partial charge in [-0.3, -0.25) is 4.79 Å². The van der Waals surface area contributed by atoms with Gasteiger partial charge >= 0.3 is 5.97 Å².